The van der Waals surface area contributed by atoms with Crippen LogP contribution in [0, 0.1) is 0 Å². The van der Waals surface area contributed by atoms with Gasteiger partial charge in [-0.15, -0.1) is 11.3 Å². The zero-order valence-corrected chi connectivity index (χ0v) is 15.5. The van der Waals surface area contributed by atoms with Crippen LogP contribution in [-0.2, 0) is 4.74 Å². The Morgan fingerprint density at radius 3 is 2.71 bits per heavy atom. The topological polar surface area (TPSA) is 64.1 Å². The molecule has 2 aromatic heterocycles. The normalized spacial score (nSPS) is 11.9. The second kappa shape index (κ2) is 7.57. The summed E-state index contributed by atoms with van der Waals surface area (Å²) < 4.78 is 5.22. The van der Waals surface area contributed by atoms with Crippen molar-refractivity contribution in [2.45, 2.75) is 46.1 Å². The van der Waals surface area contributed by atoms with Gasteiger partial charge in [0.15, 0.2) is 0 Å². The molecule has 0 aliphatic carbocycles. The summed E-state index contributed by atoms with van der Waals surface area (Å²) in [6, 6.07) is 3.66. The van der Waals surface area contributed by atoms with Gasteiger partial charge in [-0.05, 0) is 50.5 Å². The number of carbonyl (C=O) groups excluding carboxylic acids is 1. The van der Waals surface area contributed by atoms with E-state index in [1.807, 2.05) is 39.0 Å². The zero-order valence-electron chi connectivity index (χ0n) is 14.7. The van der Waals surface area contributed by atoms with E-state index in [0.29, 0.717) is 11.7 Å². The molecule has 2 aromatic rings. The number of rotatable bonds is 4. The molecule has 0 aromatic carbocycles. The molecule has 0 spiro atoms. The fourth-order valence-electron chi connectivity index (χ4n) is 1.84. The largest absolute Gasteiger partial charge is 0.444 e. The third kappa shape index (κ3) is 5.77. The van der Waals surface area contributed by atoms with Crippen LogP contribution in [0.3, 0.4) is 0 Å². The first-order valence-corrected chi connectivity index (χ1v) is 8.70. The summed E-state index contributed by atoms with van der Waals surface area (Å²) in [5, 5.41) is 5.67. The highest BCUT2D eigenvalue weighted by Gasteiger charge is 2.16. The molecule has 0 atom stereocenters. The predicted molar refractivity (Wildman–Crippen MR) is 99.2 cm³/mol. The lowest BCUT2D eigenvalue weighted by molar-refractivity contribution is 0.0635. The molecule has 0 unspecified atom stereocenters. The quantitative estimate of drug-likeness (QED) is 0.829. The Hall–Kier alpha value is -2.21. The van der Waals surface area contributed by atoms with Crippen molar-refractivity contribution < 1.29 is 9.53 Å². The van der Waals surface area contributed by atoms with Gasteiger partial charge in [-0.1, -0.05) is 19.9 Å². The molecular weight excluding hydrogens is 322 g/mol. The van der Waals surface area contributed by atoms with E-state index in [4.69, 9.17) is 4.74 Å². The van der Waals surface area contributed by atoms with Gasteiger partial charge < -0.3 is 4.74 Å². The van der Waals surface area contributed by atoms with Crippen LogP contribution in [0.2, 0.25) is 0 Å². The number of hydrogen-bond donors (Lipinski definition) is 1. The van der Waals surface area contributed by atoms with Crippen LogP contribution < -0.4 is 5.32 Å². The van der Waals surface area contributed by atoms with Crippen LogP contribution in [0.15, 0.2) is 23.7 Å². The van der Waals surface area contributed by atoms with Gasteiger partial charge in [-0.2, -0.15) is 0 Å². The second-order valence-corrected chi connectivity index (χ2v) is 7.59. The monoisotopic (exact) mass is 345 g/mol. The van der Waals surface area contributed by atoms with E-state index in [9.17, 15) is 4.79 Å². The van der Waals surface area contributed by atoms with E-state index in [1.54, 1.807) is 23.6 Å². The molecule has 128 valence electrons. The van der Waals surface area contributed by atoms with Crippen molar-refractivity contribution in [1.82, 2.24) is 9.97 Å². The molecule has 2 heterocycles. The van der Waals surface area contributed by atoms with Gasteiger partial charge in [0, 0.05) is 11.6 Å². The smallest absolute Gasteiger partial charge is 0.413 e. The Bertz CT molecular complexity index is 730. The van der Waals surface area contributed by atoms with Crippen LogP contribution in [-0.4, -0.2) is 21.7 Å². The summed E-state index contributed by atoms with van der Waals surface area (Å²) in [6.07, 6.45) is 5.04. The predicted octanol–water partition coefficient (Wildman–Crippen LogP) is 5.18. The Kier molecular flexibility index (Phi) is 5.72. The fraction of sp³-hybridized carbons (Fsp3) is 0.389. The van der Waals surface area contributed by atoms with Gasteiger partial charge >= 0.3 is 6.09 Å². The maximum absolute atomic E-state index is 11.8. The summed E-state index contributed by atoms with van der Waals surface area (Å²) in [5.74, 6) is 0.877. The molecule has 2 rings (SSSR count). The van der Waals surface area contributed by atoms with E-state index in [-0.39, 0.29) is 0 Å². The maximum Gasteiger partial charge on any atom is 0.413 e. The van der Waals surface area contributed by atoms with Crippen LogP contribution in [0.1, 0.15) is 56.8 Å². The lowest BCUT2D eigenvalue weighted by atomic mass is 10.2. The minimum absolute atomic E-state index is 0.425. The van der Waals surface area contributed by atoms with Gasteiger partial charge in [-0.3, -0.25) is 5.32 Å². The highest BCUT2D eigenvalue weighted by atomic mass is 32.1. The van der Waals surface area contributed by atoms with Crippen LogP contribution >= 0.6 is 11.3 Å². The van der Waals surface area contributed by atoms with Crippen LogP contribution in [0.25, 0.3) is 12.2 Å². The van der Waals surface area contributed by atoms with Crippen molar-refractivity contribution in [2.75, 3.05) is 5.32 Å². The molecule has 1 amide bonds. The highest BCUT2D eigenvalue weighted by molar-refractivity contribution is 7.10. The lowest BCUT2D eigenvalue weighted by Gasteiger charge is -2.19. The third-order valence-electron chi connectivity index (χ3n) is 2.96. The molecule has 0 saturated carbocycles. The Morgan fingerprint density at radius 1 is 1.33 bits per heavy atom. The molecule has 24 heavy (non-hydrogen) atoms. The number of pyridine rings is 1. The summed E-state index contributed by atoms with van der Waals surface area (Å²) in [7, 11) is 0. The number of anilines is 1. The van der Waals surface area contributed by atoms with Gasteiger partial charge in [0.1, 0.15) is 16.4 Å². The van der Waals surface area contributed by atoms with Crippen molar-refractivity contribution in [3.63, 3.8) is 0 Å². The molecule has 0 saturated heterocycles. The van der Waals surface area contributed by atoms with E-state index in [2.05, 4.69) is 34.5 Å². The molecule has 5 nitrogen and oxygen atoms in total. The van der Waals surface area contributed by atoms with Gasteiger partial charge in [0.25, 0.3) is 0 Å². The molecule has 6 heteroatoms. The van der Waals surface area contributed by atoms with Crippen LogP contribution in [0.5, 0.6) is 0 Å². The fourth-order valence-corrected chi connectivity index (χ4v) is 2.71. The number of amides is 1. The Balaban J connectivity index is 2.04. The lowest BCUT2D eigenvalue weighted by Crippen LogP contribution is -2.27. The Labute approximate surface area is 146 Å². The first-order chi connectivity index (χ1) is 11.2. The summed E-state index contributed by atoms with van der Waals surface area (Å²) in [6.45, 7) is 9.70. The van der Waals surface area contributed by atoms with E-state index in [1.165, 1.54) is 0 Å². The number of aromatic nitrogens is 2. The van der Waals surface area contributed by atoms with Gasteiger partial charge in [-0.25, -0.2) is 14.8 Å². The second-order valence-electron chi connectivity index (χ2n) is 6.70. The van der Waals surface area contributed by atoms with E-state index < -0.39 is 11.7 Å². The van der Waals surface area contributed by atoms with E-state index in [0.717, 1.165) is 16.3 Å². The summed E-state index contributed by atoms with van der Waals surface area (Å²) in [5.41, 5.74) is 1.49. The van der Waals surface area contributed by atoms with Crippen molar-refractivity contribution >= 4 is 35.4 Å². The molecule has 0 bridgehead atoms. The van der Waals surface area contributed by atoms with Gasteiger partial charge in [0.05, 0.1) is 5.69 Å². The molecular formula is C18H23N3O2S. The number of ether oxygens (including phenoxy) is 1. The molecule has 1 N–H and O–H groups in total. The Morgan fingerprint density at radius 2 is 2.08 bits per heavy atom. The number of carbonyl (C=O) groups is 1. The minimum Gasteiger partial charge on any atom is -0.444 e. The average Bonchev–Trinajstić information content (AvgIpc) is 2.92. The third-order valence-corrected chi connectivity index (χ3v) is 3.79. The number of nitrogens with one attached hydrogen (secondary N) is 1. The first-order valence-electron chi connectivity index (χ1n) is 7.82. The number of nitrogens with zero attached hydrogens (tertiary/aromatic N) is 2. The van der Waals surface area contributed by atoms with Crippen LogP contribution in [0.4, 0.5) is 10.6 Å². The van der Waals surface area contributed by atoms with E-state index >= 15 is 0 Å². The van der Waals surface area contributed by atoms with Crippen molar-refractivity contribution in [1.29, 1.82) is 0 Å². The number of thiazole rings is 1. The standard InChI is InChI=1S/C18H23N3O2S/c1-12(2)14-11-24-16(20-14)7-6-13-8-9-19-15(10-13)21-17(22)23-18(3,4)5/h6-12H,1-5H3,(H,19,21,22). The van der Waals surface area contributed by atoms with Crippen molar-refractivity contribution in [3.8, 4) is 0 Å². The molecule has 0 fully saturated rings. The molecule has 0 aliphatic heterocycles. The average molecular weight is 345 g/mol. The first kappa shape index (κ1) is 18.1. The van der Waals surface area contributed by atoms with Crippen molar-refractivity contribution in [3.05, 3.63) is 40.0 Å². The van der Waals surface area contributed by atoms with Gasteiger partial charge in [0.2, 0.25) is 0 Å². The highest BCUT2D eigenvalue weighted by Crippen LogP contribution is 2.20. The molecule has 0 radical (unpaired) electrons. The zero-order chi connectivity index (χ0) is 17.7. The minimum atomic E-state index is -0.541. The number of hydrogen-bond acceptors (Lipinski definition) is 5. The summed E-state index contributed by atoms with van der Waals surface area (Å²) in [4.78, 5) is 20.5. The van der Waals surface area contributed by atoms with Crippen molar-refractivity contribution in [2.24, 2.45) is 0 Å². The SMILES string of the molecule is CC(C)c1csc(C=Cc2ccnc(NC(=O)OC(C)(C)C)c2)n1. The summed E-state index contributed by atoms with van der Waals surface area (Å²) >= 11 is 1.62. The molecule has 0 aliphatic rings. The maximum atomic E-state index is 11.8.